The smallest absolute Gasteiger partial charge is 0.0533 e. The Morgan fingerprint density at radius 2 is 2.57 bits per heavy atom. The van der Waals surface area contributed by atoms with Crippen LogP contribution in [0.5, 0.6) is 0 Å². The van der Waals surface area contributed by atoms with Gasteiger partial charge in [-0.1, -0.05) is 0 Å². The number of hydrogen-bond acceptors (Lipinski definition) is 1. The van der Waals surface area contributed by atoms with Gasteiger partial charge >= 0.3 is 0 Å². The highest BCUT2D eigenvalue weighted by Crippen LogP contribution is 1.93. The molecular formula is C4H5ClN2. The highest BCUT2D eigenvalue weighted by molar-refractivity contribution is 6.14. The van der Waals surface area contributed by atoms with Crippen molar-refractivity contribution in [3.8, 4) is 0 Å². The van der Waals surface area contributed by atoms with Crippen molar-refractivity contribution < 1.29 is 0 Å². The molecule has 0 radical (unpaired) electrons. The van der Waals surface area contributed by atoms with Gasteiger partial charge in [-0.2, -0.15) is 9.30 Å². The van der Waals surface area contributed by atoms with E-state index >= 15 is 0 Å². The number of halogens is 1. The zero-order valence-corrected chi connectivity index (χ0v) is 4.68. The van der Waals surface area contributed by atoms with Crippen molar-refractivity contribution >= 4 is 11.8 Å². The van der Waals surface area contributed by atoms with Gasteiger partial charge in [0.05, 0.1) is 6.20 Å². The van der Waals surface area contributed by atoms with Crippen LogP contribution in [-0.4, -0.2) is 9.30 Å². The predicted octanol–water partition coefficient (Wildman–Crippen LogP) is 1.19. The van der Waals surface area contributed by atoms with Gasteiger partial charge in [0.15, 0.2) is 0 Å². The number of aromatic nitrogens is 2. The summed E-state index contributed by atoms with van der Waals surface area (Å²) in [6.45, 7) is 1.94. The summed E-state index contributed by atoms with van der Waals surface area (Å²) in [7, 11) is 0. The Balaban J connectivity index is 3.04. The summed E-state index contributed by atoms with van der Waals surface area (Å²) in [5.74, 6) is 0. The standard InChI is InChI=1S/C4H5ClN2/c1-4-2-6-7(5)3-4/h2-3H,1H3. The van der Waals surface area contributed by atoms with Crippen molar-refractivity contribution in [2.45, 2.75) is 6.92 Å². The summed E-state index contributed by atoms with van der Waals surface area (Å²) in [5.41, 5.74) is 1.08. The van der Waals surface area contributed by atoms with Crippen LogP contribution in [0.15, 0.2) is 12.4 Å². The zero-order chi connectivity index (χ0) is 5.28. The van der Waals surface area contributed by atoms with Crippen LogP contribution in [0.25, 0.3) is 0 Å². The van der Waals surface area contributed by atoms with E-state index in [0.29, 0.717) is 0 Å². The molecule has 0 aliphatic heterocycles. The molecule has 1 aromatic heterocycles. The second-order valence-electron chi connectivity index (χ2n) is 1.41. The molecule has 0 amide bonds. The maximum absolute atomic E-state index is 5.37. The van der Waals surface area contributed by atoms with Crippen molar-refractivity contribution in [3.63, 3.8) is 0 Å². The molecule has 0 atom stereocenters. The fraction of sp³-hybridized carbons (Fsp3) is 0.250. The van der Waals surface area contributed by atoms with Gasteiger partial charge in [-0.25, -0.2) is 0 Å². The first-order chi connectivity index (χ1) is 3.29. The topological polar surface area (TPSA) is 17.8 Å². The van der Waals surface area contributed by atoms with Gasteiger partial charge in [0.1, 0.15) is 0 Å². The first-order valence-electron chi connectivity index (χ1n) is 1.96. The fourth-order valence-corrected chi connectivity index (χ4v) is 0.579. The van der Waals surface area contributed by atoms with Gasteiger partial charge in [0.25, 0.3) is 0 Å². The van der Waals surface area contributed by atoms with E-state index in [1.54, 1.807) is 12.4 Å². The maximum Gasteiger partial charge on any atom is 0.0533 e. The predicted molar refractivity (Wildman–Crippen MR) is 28.2 cm³/mol. The Hall–Kier alpha value is -0.500. The lowest BCUT2D eigenvalue weighted by atomic mass is 10.4. The molecule has 0 spiro atoms. The monoisotopic (exact) mass is 116 g/mol. The third kappa shape index (κ3) is 0.933. The Morgan fingerprint density at radius 3 is 2.71 bits per heavy atom. The van der Waals surface area contributed by atoms with Gasteiger partial charge < -0.3 is 0 Å². The molecule has 0 saturated heterocycles. The number of aryl methyl sites for hydroxylation is 1. The minimum absolute atomic E-state index is 1.08. The Morgan fingerprint density at radius 1 is 1.86 bits per heavy atom. The molecule has 1 heterocycles. The van der Waals surface area contributed by atoms with Gasteiger partial charge in [0.2, 0.25) is 0 Å². The van der Waals surface area contributed by atoms with E-state index in [9.17, 15) is 0 Å². The minimum atomic E-state index is 1.08. The minimum Gasteiger partial charge on any atom is -0.180 e. The van der Waals surface area contributed by atoms with Crippen LogP contribution >= 0.6 is 11.8 Å². The highest BCUT2D eigenvalue weighted by Gasteiger charge is 1.83. The lowest BCUT2D eigenvalue weighted by Crippen LogP contribution is -1.73. The first kappa shape index (κ1) is 4.65. The molecule has 0 N–H and O–H groups in total. The fourth-order valence-electron chi connectivity index (χ4n) is 0.381. The Labute approximate surface area is 46.8 Å². The molecular weight excluding hydrogens is 112 g/mol. The first-order valence-corrected chi connectivity index (χ1v) is 2.30. The van der Waals surface area contributed by atoms with E-state index in [4.69, 9.17) is 11.8 Å². The van der Waals surface area contributed by atoms with Crippen LogP contribution in [-0.2, 0) is 0 Å². The molecule has 0 aliphatic rings. The van der Waals surface area contributed by atoms with Crippen molar-refractivity contribution in [2.24, 2.45) is 0 Å². The quantitative estimate of drug-likeness (QED) is 0.498. The number of rotatable bonds is 0. The average molecular weight is 117 g/mol. The van der Waals surface area contributed by atoms with Gasteiger partial charge in [-0.15, -0.1) is 0 Å². The van der Waals surface area contributed by atoms with Crippen molar-refractivity contribution in [3.05, 3.63) is 18.0 Å². The van der Waals surface area contributed by atoms with E-state index in [1.165, 1.54) is 4.20 Å². The van der Waals surface area contributed by atoms with Crippen LogP contribution in [0.4, 0.5) is 0 Å². The molecule has 1 rings (SSSR count). The molecule has 1 aromatic rings. The summed E-state index contributed by atoms with van der Waals surface area (Å²) in [6, 6.07) is 0. The Kier molecular flexibility index (Phi) is 1.02. The van der Waals surface area contributed by atoms with E-state index in [2.05, 4.69) is 5.10 Å². The van der Waals surface area contributed by atoms with Gasteiger partial charge in [0, 0.05) is 18.0 Å². The van der Waals surface area contributed by atoms with Gasteiger partial charge in [-0.05, 0) is 12.5 Å². The lowest BCUT2D eigenvalue weighted by Gasteiger charge is -1.73. The third-order valence-electron chi connectivity index (χ3n) is 0.682. The molecule has 0 unspecified atom stereocenters. The average Bonchev–Trinajstić information content (AvgIpc) is 1.87. The molecule has 0 aliphatic carbocycles. The molecule has 3 heteroatoms. The molecule has 0 bridgehead atoms. The molecule has 2 nitrogen and oxygen atoms in total. The SMILES string of the molecule is Cc1cnn(Cl)c1. The maximum atomic E-state index is 5.37. The van der Waals surface area contributed by atoms with Crippen LogP contribution in [0.2, 0.25) is 0 Å². The summed E-state index contributed by atoms with van der Waals surface area (Å²) in [5, 5.41) is 3.70. The van der Waals surface area contributed by atoms with Crippen molar-refractivity contribution in [2.75, 3.05) is 0 Å². The molecule has 38 valence electrons. The number of nitrogens with zero attached hydrogens (tertiary/aromatic N) is 2. The molecule has 0 saturated carbocycles. The summed E-state index contributed by atoms with van der Waals surface area (Å²) < 4.78 is 1.26. The van der Waals surface area contributed by atoms with Crippen molar-refractivity contribution in [1.29, 1.82) is 0 Å². The van der Waals surface area contributed by atoms with E-state index < -0.39 is 0 Å². The van der Waals surface area contributed by atoms with Crippen molar-refractivity contribution in [1.82, 2.24) is 9.30 Å². The van der Waals surface area contributed by atoms with E-state index in [1.807, 2.05) is 6.92 Å². The van der Waals surface area contributed by atoms with Crippen LogP contribution in [0.1, 0.15) is 5.56 Å². The summed E-state index contributed by atoms with van der Waals surface area (Å²) in [4.78, 5) is 0. The normalized spacial score (nSPS) is 9.43. The largest absolute Gasteiger partial charge is 0.180 e. The summed E-state index contributed by atoms with van der Waals surface area (Å²) >= 11 is 5.37. The van der Waals surface area contributed by atoms with Gasteiger partial charge in [-0.3, -0.25) is 0 Å². The third-order valence-corrected chi connectivity index (χ3v) is 0.867. The zero-order valence-electron chi connectivity index (χ0n) is 3.93. The van der Waals surface area contributed by atoms with E-state index in [-0.39, 0.29) is 0 Å². The molecule has 0 fully saturated rings. The molecule has 0 aromatic carbocycles. The second-order valence-corrected chi connectivity index (χ2v) is 1.75. The molecule has 7 heavy (non-hydrogen) atoms. The highest BCUT2D eigenvalue weighted by atomic mass is 35.5. The van der Waals surface area contributed by atoms with Crippen LogP contribution in [0, 0.1) is 6.92 Å². The summed E-state index contributed by atoms with van der Waals surface area (Å²) in [6.07, 6.45) is 3.44. The lowest BCUT2D eigenvalue weighted by molar-refractivity contribution is 0.993. The number of hydrogen-bond donors (Lipinski definition) is 0. The van der Waals surface area contributed by atoms with E-state index in [0.717, 1.165) is 5.56 Å². The second kappa shape index (κ2) is 1.54. The van der Waals surface area contributed by atoms with Crippen LogP contribution in [0.3, 0.4) is 0 Å². The van der Waals surface area contributed by atoms with Crippen LogP contribution < -0.4 is 0 Å². The Bertz CT molecular complexity index is 142.